The van der Waals surface area contributed by atoms with Crippen LogP contribution in [0.15, 0.2) is 34.2 Å². The number of nitrogens with one attached hydrogen (secondary N) is 1. The molecule has 1 atom stereocenters. The number of primary amides is 1. The average molecular weight is 320 g/mol. The van der Waals surface area contributed by atoms with Gasteiger partial charge in [-0.1, -0.05) is 23.9 Å². The SMILES string of the molecule is CCn1c(S[C@@H](C)C(=O)NC(N)=O)nc2ccccc2c1=O. The third-order valence-electron chi connectivity index (χ3n) is 3.04. The molecule has 2 rings (SSSR count). The van der Waals surface area contributed by atoms with Crippen molar-refractivity contribution in [3.05, 3.63) is 34.6 Å². The van der Waals surface area contributed by atoms with E-state index in [1.165, 1.54) is 4.57 Å². The zero-order valence-electron chi connectivity index (χ0n) is 12.2. The van der Waals surface area contributed by atoms with Crippen molar-refractivity contribution in [2.24, 2.45) is 5.73 Å². The smallest absolute Gasteiger partial charge is 0.318 e. The molecule has 8 heteroatoms. The fraction of sp³-hybridized carbons (Fsp3) is 0.286. The summed E-state index contributed by atoms with van der Waals surface area (Å²) in [6, 6.07) is 6.13. The van der Waals surface area contributed by atoms with E-state index in [4.69, 9.17) is 5.73 Å². The zero-order valence-corrected chi connectivity index (χ0v) is 13.0. The maximum Gasteiger partial charge on any atom is 0.318 e. The molecule has 0 unspecified atom stereocenters. The van der Waals surface area contributed by atoms with Gasteiger partial charge in [0.1, 0.15) is 0 Å². The number of rotatable bonds is 4. The third kappa shape index (κ3) is 3.28. The van der Waals surface area contributed by atoms with Crippen LogP contribution < -0.4 is 16.6 Å². The molecule has 0 saturated carbocycles. The highest BCUT2D eigenvalue weighted by Gasteiger charge is 2.19. The number of benzene rings is 1. The summed E-state index contributed by atoms with van der Waals surface area (Å²) in [6.07, 6.45) is 0. The summed E-state index contributed by atoms with van der Waals surface area (Å²) in [4.78, 5) is 39.4. The maximum atomic E-state index is 12.4. The van der Waals surface area contributed by atoms with Crippen molar-refractivity contribution in [3.63, 3.8) is 0 Å². The van der Waals surface area contributed by atoms with Crippen LogP contribution in [-0.2, 0) is 11.3 Å². The zero-order chi connectivity index (χ0) is 16.3. The first-order valence-corrected chi connectivity index (χ1v) is 7.58. The van der Waals surface area contributed by atoms with Gasteiger partial charge in [-0.25, -0.2) is 9.78 Å². The Labute approximate surface area is 130 Å². The minimum atomic E-state index is -0.906. The van der Waals surface area contributed by atoms with Gasteiger partial charge in [-0.05, 0) is 26.0 Å². The molecular weight excluding hydrogens is 304 g/mol. The second-order valence-corrected chi connectivity index (χ2v) is 5.88. The van der Waals surface area contributed by atoms with Crippen molar-refractivity contribution in [1.29, 1.82) is 0 Å². The molecule has 116 valence electrons. The van der Waals surface area contributed by atoms with E-state index in [2.05, 4.69) is 4.98 Å². The predicted molar refractivity (Wildman–Crippen MR) is 84.7 cm³/mol. The summed E-state index contributed by atoms with van der Waals surface area (Å²) < 4.78 is 1.50. The van der Waals surface area contributed by atoms with E-state index in [9.17, 15) is 14.4 Å². The number of thioether (sulfide) groups is 1. The van der Waals surface area contributed by atoms with Gasteiger partial charge in [0.2, 0.25) is 5.91 Å². The number of aromatic nitrogens is 2. The van der Waals surface area contributed by atoms with E-state index < -0.39 is 17.2 Å². The van der Waals surface area contributed by atoms with Gasteiger partial charge in [-0.2, -0.15) is 0 Å². The summed E-state index contributed by atoms with van der Waals surface area (Å²) in [6.45, 7) is 3.88. The van der Waals surface area contributed by atoms with E-state index >= 15 is 0 Å². The predicted octanol–water partition coefficient (Wildman–Crippen LogP) is 1.09. The summed E-state index contributed by atoms with van der Waals surface area (Å²) in [5.74, 6) is -0.525. The van der Waals surface area contributed by atoms with Crippen LogP contribution in [0.1, 0.15) is 13.8 Å². The molecule has 0 aliphatic heterocycles. The van der Waals surface area contributed by atoms with Crippen LogP contribution in [0.5, 0.6) is 0 Å². The van der Waals surface area contributed by atoms with E-state index in [1.807, 2.05) is 12.2 Å². The molecule has 0 bridgehead atoms. The first-order chi connectivity index (χ1) is 10.4. The molecule has 0 aliphatic rings. The number of amides is 3. The molecule has 1 aromatic heterocycles. The summed E-state index contributed by atoms with van der Waals surface area (Å²) >= 11 is 1.11. The molecule has 0 saturated heterocycles. The van der Waals surface area contributed by atoms with Crippen LogP contribution in [0.3, 0.4) is 0 Å². The van der Waals surface area contributed by atoms with Crippen molar-refractivity contribution in [1.82, 2.24) is 14.9 Å². The summed E-state index contributed by atoms with van der Waals surface area (Å²) in [5, 5.41) is 2.36. The molecule has 0 aliphatic carbocycles. The standard InChI is InChI=1S/C14H16N4O3S/c1-3-18-12(20)9-6-4-5-7-10(9)16-14(18)22-8(2)11(19)17-13(15)21/h4-8H,3H2,1-2H3,(H3,15,17,19,21)/t8-/m0/s1. The van der Waals surface area contributed by atoms with Gasteiger partial charge in [-0.15, -0.1) is 0 Å². The van der Waals surface area contributed by atoms with E-state index in [0.717, 1.165) is 11.8 Å². The van der Waals surface area contributed by atoms with Crippen molar-refractivity contribution in [2.75, 3.05) is 0 Å². The number of para-hydroxylation sites is 1. The lowest BCUT2D eigenvalue weighted by Crippen LogP contribution is -2.39. The van der Waals surface area contributed by atoms with Gasteiger partial charge in [0.15, 0.2) is 5.16 Å². The minimum absolute atomic E-state index is 0.155. The molecular formula is C14H16N4O3S. The van der Waals surface area contributed by atoms with Crippen LogP contribution >= 0.6 is 11.8 Å². The first-order valence-electron chi connectivity index (χ1n) is 6.70. The number of carbonyl (C=O) groups is 2. The fourth-order valence-corrected chi connectivity index (χ4v) is 2.92. The molecule has 1 aromatic carbocycles. The van der Waals surface area contributed by atoms with Crippen molar-refractivity contribution >= 4 is 34.6 Å². The quantitative estimate of drug-likeness (QED) is 0.648. The van der Waals surface area contributed by atoms with E-state index in [-0.39, 0.29) is 5.56 Å². The second kappa shape index (κ2) is 6.61. The third-order valence-corrected chi connectivity index (χ3v) is 4.13. The van der Waals surface area contributed by atoms with Crippen LogP contribution in [0.25, 0.3) is 10.9 Å². The lowest BCUT2D eigenvalue weighted by Gasteiger charge is -2.14. The van der Waals surface area contributed by atoms with Crippen LogP contribution in [-0.4, -0.2) is 26.7 Å². The van der Waals surface area contributed by atoms with Crippen LogP contribution in [0.4, 0.5) is 4.79 Å². The average Bonchev–Trinajstić information content (AvgIpc) is 2.47. The molecule has 3 N–H and O–H groups in total. The first kappa shape index (κ1) is 16.0. The number of imide groups is 1. The molecule has 2 aromatic rings. The Morgan fingerprint density at radius 1 is 1.41 bits per heavy atom. The second-order valence-electron chi connectivity index (χ2n) is 4.57. The van der Waals surface area contributed by atoms with Crippen LogP contribution in [0, 0.1) is 0 Å². The fourth-order valence-electron chi connectivity index (χ4n) is 1.95. The lowest BCUT2D eigenvalue weighted by molar-refractivity contribution is -0.119. The van der Waals surface area contributed by atoms with Crippen molar-refractivity contribution < 1.29 is 9.59 Å². The number of carbonyl (C=O) groups excluding carboxylic acids is 2. The number of nitrogens with zero attached hydrogens (tertiary/aromatic N) is 2. The largest absolute Gasteiger partial charge is 0.351 e. The number of urea groups is 1. The Balaban J connectivity index is 2.40. The molecule has 3 amide bonds. The van der Waals surface area contributed by atoms with Crippen molar-refractivity contribution in [2.45, 2.75) is 30.8 Å². The summed E-state index contributed by atoms with van der Waals surface area (Å²) in [5.41, 5.74) is 5.35. The lowest BCUT2D eigenvalue weighted by atomic mass is 10.2. The van der Waals surface area contributed by atoms with E-state index in [0.29, 0.717) is 22.6 Å². The number of fused-ring (bicyclic) bond motifs is 1. The molecule has 7 nitrogen and oxygen atoms in total. The highest BCUT2D eigenvalue weighted by molar-refractivity contribution is 8.00. The van der Waals surface area contributed by atoms with Gasteiger partial charge in [0.25, 0.3) is 5.56 Å². The molecule has 1 heterocycles. The minimum Gasteiger partial charge on any atom is -0.351 e. The Bertz CT molecular complexity index is 787. The molecule has 22 heavy (non-hydrogen) atoms. The maximum absolute atomic E-state index is 12.4. The van der Waals surface area contributed by atoms with Gasteiger partial charge >= 0.3 is 6.03 Å². The van der Waals surface area contributed by atoms with Gasteiger partial charge < -0.3 is 5.73 Å². The Morgan fingerprint density at radius 2 is 2.09 bits per heavy atom. The normalized spacial score (nSPS) is 12.1. The topological polar surface area (TPSA) is 107 Å². The van der Waals surface area contributed by atoms with E-state index in [1.54, 1.807) is 31.2 Å². The van der Waals surface area contributed by atoms with Crippen molar-refractivity contribution in [3.8, 4) is 0 Å². The summed E-state index contributed by atoms with van der Waals surface area (Å²) in [7, 11) is 0. The number of hydrogen-bond donors (Lipinski definition) is 2. The van der Waals surface area contributed by atoms with Crippen LogP contribution in [0.2, 0.25) is 0 Å². The Hall–Kier alpha value is -2.35. The monoisotopic (exact) mass is 320 g/mol. The van der Waals surface area contributed by atoms with Gasteiger partial charge in [0.05, 0.1) is 16.2 Å². The Kier molecular flexibility index (Phi) is 4.81. The Morgan fingerprint density at radius 3 is 2.73 bits per heavy atom. The highest BCUT2D eigenvalue weighted by Crippen LogP contribution is 2.22. The highest BCUT2D eigenvalue weighted by atomic mass is 32.2. The number of hydrogen-bond acceptors (Lipinski definition) is 5. The number of nitrogens with two attached hydrogens (primary N) is 1. The van der Waals surface area contributed by atoms with Gasteiger partial charge in [0, 0.05) is 6.54 Å². The van der Waals surface area contributed by atoms with Gasteiger partial charge in [-0.3, -0.25) is 19.5 Å². The molecule has 0 radical (unpaired) electrons. The molecule has 0 fully saturated rings. The molecule has 0 spiro atoms.